The fourth-order valence-corrected chi connectivity index (χ4v) is 2.65. The molecule has 0 aliphatic carbocycles. The van der Waals surface area contributed by atoms with Gasteiger partial charge in [-0.05, 0) is 48.6 Å². The van der Waals surface area contributed by atoms with Crippen LogP contribution in [0.2, 0.25) is 5.02 Å². The SMILES string of the molecule is O=C(NC(=S)Nc1cccc(Cl)c1Oc1ccccc1)c1ccccc1. The van der Waals surface area contributed by atoms with Crippen molar-refractivity contribution in [2.24, 2.45) is 0 Å². The average molecular weight is 383 g/mol. The second-order valence-corrected chi connectivity index (χ2v) is 6.12. The van der Waals surface area contributed by atoms with Gasteiger partial charge in [-0.1, -0.05) is 54.1 Å². The second kappa shape index (κ2) is 8.47. The Kier molecular flexibility index (Phi) is 5.84. The summed E-state index contributed by atoms with van der Waals surface area (Å²) in [6.45, 7) is 0. The predicted molar refractivity (Wildman–Crippen MR) is 108 cm³/mol. The third-order valence-corrected chi connectivity index (χ3v) is 3.94. The molecule has 0 spiro atoms. The van der Waals surface area contributed by atoms with E-state index in [0.29, 0.717) is 27.8 Å². The van der Waals surface area contributed by atoms with Crippen LogP contribution in [0.25, 0.3) is 0 Å². The lowest BCUT2D eigenvalue weighted by molar-refractivity contribution is 0.0977. The van der Waals surface area contributed by atoms with Gasteiger partial charge < -0.3 is 10.1 Å². The highest BCUT2D eigenvalue weighted by molar-refractivity contribution is 7.80. The Hall–Kier alpha value is -2.89. The molecule has 0 aromatic heterocycles. The molecule has 0 fully saturated rings. The summed E-state index contributed by atoms with van der Waals surface area (Å²) in [4.78, 5) is 12.2. The van der Waals surface area contributed by atoms with E-state index in [-0.39, 0.29) is 11.0 Å². The Labute approximate surface area is 161 Å². The standard InChI is InChI=1S/C20H15ClN2O2S/c21-16-12-7-13-17(18(16)25-15-10-5-2-6-11-15)22-20(26)23-19(24)14-8-3-1-4-9-14/h1-13H,(H2,22,23,24,26). The first-order valence-corrected chi connectivity index (χ1v) is 8.61. The number of anilines is 1. The lowest BCUT2D eigenvalue weighted by Crippen LogP contribution is -2.34. The number of hydrogen-bond donors (Lipinski definition) is 2. The molecule has 0 saturated carbocycles. The first-order valence-electron chi connectivity index (χ1n) is 7.82. The topological polar surface area (TPSA) is 50.4 Å². The number of rotatable bonds is 4. The molecular formula is C20H15ClN2O2S. The molecule has 0 aliphatic heterocycles. The van der Waals surface area contributed by atoms with Crippen molar-refractivity contribution in [2.45, 2.75) is 0 Å². The Morgan fingerprint density at radius 1 is 0.885 bits per heavy atom. The summed E-state index contributed by atoms with van der Waals surface area (Å²) in [6.07, 6.45) is 0. The van der Waals surface area contributed by atoms with Crippen LogP contribution in [0.3, 0.4) is 0 Å². The number of nitrogens with one attached hydrogen (secondary N) is 2. The van der Waals surface area contributed by atoms with Crippen molar-refractivity contribution in [1.29, 1.82) is 0 Å². The van der Waals surface area contributed by atoms with Crippen LogP contribution in [-0.2, 0) is 0 Å². The molecule has 1 amide bonds. The van der Waals surface area contributed by atoms with Gasteiger partial charge in [0.15, 0.2) is 10.9 Å². The van der Waals surface area contributed by atoms with Gasteiger partial charge in [0.2, 0.25) is 0 Å². The van der Waals surface area contributed by atoms with E-state index in [9.17, 15) is 4.79 Å². The third kappa shape index (κ3) is 4.59. The second-order valence-electron chi connectivity index (χ2n) is 5.31. The third-order valence-electron chi connectivity index (χ3n) is 3.44. The number of amides is 1. The van der Waals surface area contributed by atoms with E-state index in [1.165, 1.54) is 0 Å². The van der Waals surface area contributed by atoms with E-state index >= 15 is 0 Å². The summed E-state index contributed by atoms with van der Waals surface area (Å²) in [7, 11) is 0. The zero-order valence-electron chi connectivity index (χ0n) is 13.6. The summed E-state index contributed by atoms with van der Waals surface area (Å²) in [6, 6.07) is 23.4. The zero-order chi connectivity index (χ0) is 18.4. The molecule has 0 unspecified atom stereocenters. The van der Waals surface area contributed by atoms with Crippen molar-refractivity contribution in [1.82, 2.24) is 5.32 Å². The number of carbonyl (C=O) groups excluding carboxylic acids is 1. The molecule has 6 heteroatoms. The summed E-state index contributed by atoms with van der Waals surface area (Å²) in [5.41, 5.74) is 1.07. The number of benzene rings is 3. The fraction of sp³-hybridized carbons (Fsp3) is 0. The molecule has 0 saturated heterocycles. The molecule has 3 rings (SSSR count). The molecule has 0 bridgehead atoms. The van der Waals surface area contributed by atoms with Crippen LogP contribution in [-0.4, -0.2) is 11.0 Å². The average Bonchev–Trinajstić information content (AvgIpc) is 2.66. The van der Waals surface area contributed by atoms with Crippen LogP contribution >= 0.6 is 23.8 Å². The number of thiocarbonyl (C=S) groups is 1. The molecule has 0 aliphatic rings. The van der Waals surface area contributed by atoms with Crippen molar-refractivity contribution in [2.75, 3.05) is 5.32 Å². The van der Waals surface area contributed by atoms with E-state index in [0.717, 1.165) is 0 Å². The van der Waals surface area contributed by atoms with Crippen LogP contribution < -0.4 is 15.4 Å². The summed E-state index contributed by atoms with van der Waals surface area (Å²) < 4.78 is 5.86. The molecule has 0 radical (unpaired) electrons. The minimum Gasteiger partial charge on any atom is -0.454 e. The van der Waals surface area contributed by atoms with Crippen LogP contribution in [0, 0.1) is 0 Å². The van der Waals surface area contributed by atoms with Gasteiger partial charge in [-0.2, -0.15) is 0 Å². The lowest BCUT2D eigenvalue weighted by Gasteiger charge is -2.15. The minimum atomic E-state index is -0.296. The molecule has 4 nitrogen and oxygen atoms in total. The van der Waals surface area contributed by atoms with Gasteiger partial charge >= 0.3 is 0 Å². The molecule has 0 heterocycles. The maximum Gasteiger partial charge on any atom is 0.257 e. The van der Waals surface area contributed by atoms with E-state index in [1.54, 1.807) is 42.5 Å². The smallest absolute Gasteiger partial charge is 0.257 e. The monoisotopic (exact) mass is 382 g/mol. The number of carbonyl (C=O) groups is 1. The highest BCUT2D eigenvalue weighted by Gasteiger charge is 2.13. The van der Waals surface area contributed by atoms with Gasteiger partial charge in [0.1, 0.15) is 5.75 Å². The van der Waals surface area contributed by atoms with Crippen molar-refractivity contribution in [3.05, 3.63) is 89.4 Å². The van der Waals surface area contributed by atoms with E-state index in [2.05, 4.69) is 10.6 Å². The van der Waals surface area contributed by atoms with Gasteiger partial charge in [0.25, 0.3) is 5.91 Å². The fourth-order valence-electron chi connectivity index (χ4n) is 2.24. The molecule has 0 atom stereocenters. The zero-order valence-corrected chi connectivity index (χ0v) is 15.2. The normalized spacial score (nSPS) is 10.0. The van der Waals surface area contributed by atoms with E-state index in [4.69, 9.17) is 28.6 Å². The first-order chi connectivity index (χ1) is 12.6. The van der Waals surface area contributed by atoms with Gasteiger partial charge in [0.05, 0.1) is 10.7 Å². The van der Waals surface area contributed by atoms with Gasteiger partial charge in [0, 0.05) is 5.56 Å². The largest absolute Gasteiger partial charge is 0.454 e. The van der Waals surface area contributed by atoms with Gasteiger partial charge in [-0.3, -0.25) is 10.1 Å². The summed E-state index contributed by atoms with van der Waals surface area (Å²) >= 11 is 11.5. The van der Waals surface area contributed by atoms with Crippen molar-refractivity contribution in [3.63, 3.8) is 0 Å². The van der Waals surface area contributed by atoms with Crippen molar-refractivity contribution in [3.8, 4) is 11.5 Å². The highest BCUT2D eigenvalue weighted by Crippen LogP contribution is 2.36. The van der Waals surface area contributed by atoms with Crippen molar-refractivity contribution < 1.29 is 9.53 Å². The van der Waals surface area contributed by atoms with Crippen LogP contribution in [0.5, 0.6) is 11.5 Å². The van der Waals surface area contributed by atoms with Crippen LogP contribution in [0.4, 0.5) is 5.69 Å². The Morgan fingerprint density at radius 2 is 1.54 bits per heavy atom. The minimum absolute atomic E-state index is 0.152. The lowest BCUT2D eigenvalue weighted by atomic mass is 10.2. The van der Waals surface area contributed by atoms with Crippen LogP contribution in [0.1, 0.15) is 10.4 Å². The summed E-state index contributed by atoms with van der Waals surface area (Å²) in [5.74, 6) is 0.773. The first kappa shape index (κ1) is 17.9. The molecule has 2 N–H and O–H groups in total. The van der Waals surface area contributed by atoms with Gasteiger partial charge in [-0.15, -0.1) is 0 Å². The van der Waals surface area contributed by atoms with Gasteiger partial charge in [-0.25, -0.2) is 0 Å². The number of hydrogen-bond acceptors (Lipinski definition) is 3. The molecule has 3 aromatic carbocycles. The Morgan fingerprint density at radius 3 is 2.23 bits per heavy atom. The predicted octanol–water partition coefficient (Wildman–Crippen LogP) is 5.26. The molecular weight excluding hydrogens is 368 g/mol. The number of ether oxygens (including phenoxy) is 1. The molecule has 3 aromatic rings. The Balaban J connectivity index is 1.74. The molecule has 130 valence electrons. The number of halogens is 1. The molecule has 26 heavy (non-hydrogen) atoms. The van der Waals surface area contributed by atoms with Crippen molar-refractivity contribution >= 4 is 40.5 Å². The van der Waals surface area contributed by atoms with E-state index in [1.807, 2.05) is 36.4 Å². The summed E-state index contributed by atoms with van der Waals surface area (Å²) in [5, 5.41) is 6.18. The number of para-hydroxylation sites is 2. The van der Waals surface area contributed by atoms with E-state index < -0.39 is 0 Å². The highest BCUT2D eigenvalue weighted by atomic mass is 35.5. The maximum atomic E-state index is 12.2. The quantitative estimate of drug-likeness (QED) is 0.604. The van der Waals surface area contributed by atoms with Crippen LogP contribution in [0.15, 0.2) is 78.9 Å². The Bertz CT molecular complexity index is 918. The maximum absolute atomic E-state index is 12.2.